The van der Waals surface area contributed by atoms with Gasteiger partial charge in [-0.2, -0.15) is 0 Å². The fraction of sp³-hybridized carbons (Fsp3) is 0.0588. The van der Waals surface area contributed by atoms with Crippen molar-refractivity contribution in [3.8, 4) is 5.69 Å². The largest absolute Gasteiger partial charge is 0.345 e. The molecule has 0 saturated carbocycles. The van der Waals surface area contributed by atoms with Crippen molar-refractivity contribution in [1.29, 1.82) is 0 Å². The predicted octanol–water partition coefficient (Wildman–Crippen LogP) is 1.84. The van der Waals surface area contributed by atoms with Crippen LogP contribution in [0.25, 0.3) is 11.3 Å². The zero-order valence-corrected chi connectivity index (χ0v) is 12.7. The van der Waals surface area contributed by atoms with Crippen LogP contribution in [-0.4, -0.2) is 30.3 Å². The third-order valence-corrected chi connectivity index (χ3v) is 3.59. The molecule has 7 heteroatoms. The summed E-state index contributed by atoms with van der Waals surface area (Å²) >= 11 is 0. The van der Waals surface area contributed by atoms with Crippen LogP contribution in [0.15, 0.2) is 67.1 Å². The molecule has 0 aliphatic rings. The fourth-order valence-corrected chi connectivity index (χ4v) is 2.41. The molecule has 0 fully saturated rings. The second-order valence-corrected chi connectivity index (χ2v) is 5.26. The summed E-state index contributed by atoms with van der Waals surface area (Å²) in [5, 5.41) is 10.7. The summed E-state index contributed by atoms with van der Waals surface area (Å²) in [4.78, 5) is 16.7. The molecular weight excluding hydrogens is 304 g/mol. The Morgan fingerprint density at radius 2 is 1.88 bits per heavy atom. The second-order valence-electron chi connectivity index (χ2n) is 5.26. The Bertz CT molecular complexity index is 955. The molecule has 0 aliphatic carbocycles. The molecule has 3 heterocycles. The van der Waals surface area contributed by atoms with Gasteiger partial charge in [-0.05, 0) is 24.3 Å². The number of pyridine rings is 1. The van der Waals surface area contributed by atoms with Crippen LogP contribution in [-0.2, 0) is 6.54 Å². The Morgan fingerprint density at radius 1 is 1.04 bits per heavy atom. The number of hydrogen-bond acceptors (Lipinski definition) is 4. The second kappa shape index (κ2) is 5.96. The van der Waals surface area contributed by atoms with Crippen molar-refractivity contribution < 1.29 is 4.79 Å². The highest BCUT2D eigenvalue weighted by Gasteiger charge is 2.12. The standard InChI is InChI=1S/C17H14N6O/c24-17(15-12-23(21-20-15)14-6-2-1-3-7-14)18-10-13-11-22-9-5-4-8-16(22)19-13/h1-9,11-12H,10H2,(H,18,24). The van der Waals surface area contributed by atoms with Crippen LogP contribution in [0.5, 0.6) is 0 Å². The van der Waals surface area contributed by atoms with E-state index in [-0.39, 0.29) is 11.6 Å². The summed E-state index contributed by atoms with van der Waals surface area (Å²) in [6.07, 6.45) is 5.41. The lowest BCUT2D eigenvalue weighted by Gasteiger charge is -1.99. The molecule has 0 radical (unpaired) electrons. The topological polar surface area (TPSA) is 77.1 Å². The number of hydrogen-bond donors (Lipinski definition) is 1. The molecule has 3 aromatic heterocycles. The van der Waals surface area contributed by atoms with Gasteiger partial charge in [0.2, 0.25) is 0 Å². The average Bonchev–Trinajstić information content (AvgIpc) is 3.27. The maximum Gasteiger partial charge on any atom is 0.273 e. The van der Waals surface area contributed by atoms with E-state index >= 15 is 0 Å². The number of para-hydroxylation sites is 1. The van der Waals surface area contributed by atoms with E-state index in [1.807, 2.05) is 65.3 Å². The Hall–Kier alpha value is -3.48. The number of carbonyl (C=O) groups is 1. The van der Waals surface area contributed by atoms with Gasteiger partial charge >= 0.3 is 0 Å². The molecular formula is C17H14N6O. The average molecular weight is 318 g/mol. The highest BCUT2D eigenvalue weighted by molar-refractivity contribution is 5.91. The van der Waals surface area contributed by atoms with E-state index in [0.29, 0.717) is 6.54 Å². The highest BCUT2D eigenvalue weighted by Crippen LogP contribution is 2.07. The van der Waals surface area contributed by atoms with Gasteiger partial charge in [0, 0.05) is 12.4 Å². The fourth-order valence-electron chi connectivity index (χ4n) is 2.41. The maximum atomic E-state index is 12.2. The number of rotatable bonds is 4. The van der Waals surface area contributed by atoms with E-state index in [0.717, 1.165) is 17.0 Å². The Morgan fingerprint density at radius 3 is 2.71 bits per heavy atom. The van der Waals surface area contributed by atoms with Gasteiger partial charge < -0.3 is 9.72 Å². The minimum absolute atomic E-state index is 0.266. The SMILES string of the molecule is O=C(NCc1cn2ccccc2n1)c1cn(-c2ccccc2)nn1. The first-order chi connectivity index (χ1) is 11.8. The van der Waals surface area contributed by atoms with Crippen molar-refractivity contribution >= 4 is 11.6 Å². The van der Waals surface area contributed by atoms with Crippen LogP contribution < -0.4 is 5.32 Å². The van der Waals surface area contributed by atoms with Gasteiger partial charge in [0.05, 0.1) is 24.1 Å². The number of fused-ring (bicyclic) bond motifs is 1. The zero-order chi connectivity index (χ0) is 16.4. The predicted molar refractivity (Wildman–Crippen MR) is 87.7 cm³/mol. The normalized spacial score (nSPS) is 10.8. The Labute approximate surface area is 137 Å². The molecule has 118 valence electrons. The van der Waals surface area contributed by atoms with Crippen LogP contribution in [0.3, 0.4) is 0 Å². The molecule has 0 saturated heterocycles. The molecule has 0 bridgehead atoms. The van der Waals surface area contributed by atoms with E-state index in [4.69, 9.17) is 0 Å². The molecule has 0 spiro atoms. The Balaban J connectivity index is 1.45. The van der Waals surface area contributed by atoms with Gasteiger partial charge in [0.25, 0.3) is 5.91 Å². The Kier molecular flexibility index (Phi) is 3.51. The third-order valence-electron chi connectivity index (χ3n) is 3.59. The van der Waals surface area contributed by atoms with Crippen LogP contribution >= 0.6 is 0 Å². The van der Waals surface area contributed by atoms with Crippen molar-refractivity contribution in [2.24, 2.45) is 0 Å². The first-order valence-corrected chi connectivity index (χ1v) is 7.48. The molecule has 4 rings (SSSR count). The molecule has 24 heavy (non-hydrogen) atoms. The molecule has 1 N–H and O–H groups in total. The van der Waals surface area contributed by atoms with Crippen LogP contribution in [0.4, 0.5) is 0 Å². The summed E-state index contributed by atoms with van der Waals surface area (Å²) in [5.74, 6) is -0.283. The number of aromatic nitrogens is 5. The monoisotopic (exact) mass is 318 g/mol. The van der Waals surface area contributed by atoms with Crippen molar-refractivity contribution in [1.82, 2.24) is 29.7 Å². The number of nitrogens with one attached hydrogen (secondary N) is 1. The number of benzene rings is 1. The summed E-state index contributed by atoms with van der Waals surface area (Å²) in [6, 6.07) is 15.3. The number of imidazole rings is 1. The van der Waals surface area contributed by atoms with Gasteiger partial charge in [-0.15, -0.1) is 5.10 Å². The van der Waals surface area contributed by atoms with Crippen molar-refractivity contribution in [3.63, 3.8) is 0 Å². The maximum absolute atomic E-state index is 12.2. The molecule has 1 aromatic carbocycles. The minimum Gasteiger partial charge on any atom is -0.345 e. The highest BCUT2D eigenvalue weighted by atomic mass is 16.2. The number of amides is 1. The summed E-state index contributed by atoms with van der Waals surface area (Å²) in [5.41, 5.74) is 2.74. The van der Waals surface area contributed by atoms with Crippen LogP contribution in [0.2, 0.25) is 0 Å². The summed E-state index contributed by atoms with van der Waals surface area (Å²) in [7, 11) is 0. The molecule has 0 aliphatic heterocycles. The minimum atomic E-state index is -0.283. The first kappa shape index (κ1) is 14.1. The number of nitrogens with zero attached hydrogens (tertiary/aromatic N) is 5. The lowest BCUT2D eigenvalue weighted by molar-refractivity contribution is 0.0945. The first-order valence-electron chi connectivity index (χ1n) is 7.48. The molecule has 0 unspecified atom stereocenters. The smallest absolute Gasteiger partial charge is 0.273 e. The van der Waals surface area contributed by atoms with Gasteiger partial charge in [0.1, 0.15) is 5.65 Å². The lowest BCUT2D eigenvalue weighted by atomic mass is 10.3. The van der Waals surface area contributed by atoms with Gasteiger partial charge in [-0.1, -0.05) is 29.5 Å². The van der Waals surface area contributed by atoms with Gasteiger partial charge in [0.15, 0.2) is 5.69 Å². The summed E-state index contributed by atoms with van der Waals surface area (Å²) < 4.78 is 3.48. The van der Waals surface area contributed by atoms with Crippen molar-refractivity contribution in [2.45, 2.75) is 6.54 Å². The molecule has 0 atom stereocenters. The van der Waals surface area contributed by atoms with Crippen molar-refractivity contribution in [2.75, 3.05) is 0 Å². The van der Waals surface area contributed by atoms with Crippen LogP contribution in [0, 0.1) is 0 Å². The van der Waals surface area contributed by atoms with Gasteiger partial charge in [-0.25, -0.2) is 9.67 Å². The van der Waals surface area contributed by atoms with E-state index < -0.39 is 0 Å². The van der Waals surface area contributed by atoms with Gasteiger partial charge in [-0.3, -0.25) is 4.79 Å². The quantitative estimate of drug-likeness (QED) is 0.623. The number of carbonyl (C=O) groups excluding carboxylic acids is 1. The third kappa shape index (κ3) is 2.74. The van der Waals surface area contributed by atoms with E-state index in [1.165, 1.54) is 0 Å². The zero-order valence-electron chi connectivity index (χ0n) is 12.7. The van der Waals surface area contributed by atoms with E-state index in [1.54, 1.807) is 10.9 Å². The van der Waals surface area contributed by atoms with Crippen LogP contribution in [0.1, 0.15) is 16.2 Å². The lowest BCUT2D eigenvalue weighted by Crippen LogP contribution is -2.23. The van der Waals surface area contributed by atoms with E-state index in [9.17, 15) is 4.79 Å². The molecule has 1 amide bonds. The molecule has 4 aromatic rings. The van der Waals surface area contributed by atoms with E-state index in [2.05, 4.69) is 20.6 Å². The van der Waals surface area contributed by atoms with Crippen molar-refractivity contribution in [3.05, 3.63) is 78.5 Å². The molecule has 7 nitrogen and oxygen atoms in total. The summed E-state index contributed by atoms with van der Waals surface area (Å²) in [6.45, 7) is 0.332.